The first kappa shape index (κ1) is 17.9. The highest BCUT2D eigenvalue weighted by atomic mass is 32.1. The molecule has 0 fully saturated rings. The summed E-state index contributed by atoms with van der Waals surface area (Å²) >= 11 is 1.64. The zero-order valence-electron chi connectivity index (χ0n) is 15.3. The van der Waals surface area contributed by atoms with Crippen molar-refractivity contribution in [1.82, 2.24) is 14.5 Å². The maximum absolute atomic E-state index is 13.4. The summed E-state index contributed by atoms with van der Waals surface area (Å²) in [7, 11) is 0. The van der Waals surface area contributed by atoms with Crippen molar-refractivity contribution in [2.24, 2.45) is 11.7 Å². The Balaban J connectivity index is 1.89. The molecule has 0 saturated heterocycles. The lowest BCUT2D eigenvalue weighted by Gasteiger charge is -2.17. The van der Waals surface area contributed by atoms with Gasteiger partial charge in [0, 0.05) is 24.0 Å². The normalized spacial score (nSPS) is 16.4. The number of amides is 1. The van der Waals surface area contributed by atoms with Crippen LogP contribution in [0.15, 0.2) is 29.2 Å². The molecule has 0 spiro atoms. The monoisotopic (exact) mass is 382 g/mol. The van der Waals surface area contributed by atoms with E-state index in [0.29, 0.717) is 30.4 Å². The topological polar surface area (TPSA) is 90.9 Å². The SMILES string of the molecule is CC1CCc2c(sc3nc(-c4ccccn4)n(CCCC(N)=O)c(=O)c23)C1. The molecule has 1 atom stereocenters. The molecule has 2 N–H and O–H groups in total. The van der Waals surface area contributed by atoms with Crippen molar-refractivity contribution >= 4 is 27.5 Å². The molecule has 0 aliphatic heterocycles. The van der Waals surface area contributed by atoms with Gasteiger partial charge < -0.3 is 5.73 Å². The van der Waals surface area contributed by atoms with Crippen LogP contribution in [0.2, 0.25) is 0 Å². The molecule has 3 aromatic rings. The molecule has 0 bridgehead atoms. The van der Waals surface area contributed by atoms with Crippen molar-refractivity contribution in [2.45, 2.75) is 45.6 Å². The molecule has 4 rings (SSSR count). The molecule has 3 heterocycles. The van der Waals surface area contributed by atoms with Crippen LogP contribution in [-0.2, 0) is 24.2 Å². The van der Waals surface area contributed by atoms with E-state index in [9.17, 15) is 9.59 Å². The van der Waals surface area contributed by atoms with E-state index in [-0.39, 0.29) is 17.9 Å². The molecule has 7 heteroatoms. The summed E-state index contributed by atoms with van der Waals surface area (Å²) in [5.74, 6) is 0.834. The van der Waals surface area contributed by atoms with E-state index in [1.54, 1.807) is 22.1 Å². The Morgan fingerprint density at radius 1 is 1.41 bits per heavy atom. The van der Waals surface area contributed by atoms with Gasteiger partial charge in [-0.2, -0.15) is 0 Å². The Kier molecular flexibility index (Phi) is 4.78. The summed E-state index contributed by atoms with van der Waals surface area (Å²) in [6, 6.07) is 5.57. The van der Waals surface area contributed by atoms with Gasteiger partial charge in [-0.15, -0.1) is 11.3 Å². The second-order valence-electron chi connectivity index (χ2n) is 7.21. The third kappa shape index (κ3) is 3.39. The molecule has 1 amide bonds. The molecule has 27 heavy (non-hydrogen) atoms. The number of aromatic nitrogens is 3. The maximum Gasteiger partial charge on any atom is 0.262 e. The van der Waals surface area contributed by atoms with E-state index < -0.39 is 0 Å². The van der Waals surface area contributed by atoms with Crippen LogP contribution in [0, 0.1) is 5.92 Å². The van der Waals surface area contributed by atoms with Gasteiger partial charge in [0.1, 0.15) is 10.5 Å². The molecule has 6 nitrogen and oxygen atoms in total. The molecule has 1 aliphatic carbocycles. The fraction of sp³-hybridized carbons (Fsp3) is 0.400. The van der Waals surface area contributed by atoms with E-state index in [0.717, 1.165) is 29.5 Å². The molecule has 0 radical (unpaired) electrons. The predicted octanol–water partition coefficient (Wildman–Crippen LogP) is 2.91. The van der Waals surface area contributed by atoms with Crippen LogP contribution in [0.5, 0.6) is 0 Å². The van der Waals surface area contributed by atoms with Crippen molar-refractivity contribution in [1.29, 1.82) is 0 Å². The number of thiophene rings is 1. The summed E-state index contributed by atoms with van der Waals surface area (Å²) in [6.07, 6.45) is 5.48. The first-order valence-corrected chi connectivity index (χ1v) is 10.1. The van der Waals surface area contributed by atoms with E-state index in [1.165, 1.54) is 10.4 Å². The highest BCUT2D eigenvalue weighted by Gasteiger charge is 2.25. The number of carbonyl (C=O) groups excluding carboxylic acids is 1. The maximum atomic E-state index is 13.4. The van der Waals surface area contributed by atoms with Gasteiger partial charge in [0.15, 0.2) is 5.82 Å². The van der Waals surface area contributed by atoms with Gasteiger partial charge in [0.25, 0.3) is 5.56 Å². The van der Waals surface area contributed by atoms with Gasteiger partial charge in [-0.05, 0) is 49.3 Å². The predicted molar refractivity (Wildman–Crippen MR) is 107 cm³/mol. The first-order chi connectivity index (χ1) is 13.0. The van der Waals surface area contributed by atoms with Crippen LogP contribution >= 0.6 is 11.3 Å². The Hall–Kier alpha value is -2.54. The van der Waals surface area contributed by atoms with E-state index in [4.69, 9.17) is 10.7 Å². The standard InChI is InChI=1S/C20H22N4O2S/c1-12-7-8-13-15(11-12)27-19-17(13)20(26)24(10-4-6-16(21)25)18(23-19)14-5-2-3-9-22-14/h2-3,5,9,12H,4,6-8,10-11H2,1H3,(H2,21,25). The number of aryl methyl sites for hydroxylation is 1. The first-order valence-electron chi connectivity index (χ1n) is 9.29. The molecule has 3 aromatic heterocycles. The van der Waals surface area contributed by atoms with Crippen LogP contribution in [0.1, 0.15) is 36.6 Å². The Labute approximate surface area is 161 Å². The van der Waals surface area contributed by atoms with Crippen molar-refractivity contribution in [2.75, 3.05) is 0 Å². The second kappa shape index (κ2) is 7.23. The summed E-state index contributed by atoms with van der Waals surface area (Å²) in [4.78, 5) is 35.8. The van der Waals surface area contributed by atoms with Crippen LogP contribution in [0.25, 0.3) is 21.7 Å². The van der Waals surface area contributed by atoms with Gasteiger partial charge in [0.2, 0.25) is 5.91 Å². The fourth-order valence-electron chi connectivity index (χ4n) is 3.73. The molecule has 0 saturated carbocycles. The minimum atomic E-state index is -0.363. The summed E-state index contributed by atoms with van der Waals surface area (Å²) in [5.41, 5.74) is 7.07. The van der Waals surface area contributed by atoms with E-state index in [1.807, 2.05) is 18.2 Å². The number of hydrogen-bond acceptors (Lipinski definition) is 5. The number of rotatable bonds is 5. The van der Waals surface area contributed by atoms with Crippen molar-refractivity contribution in [3.05, 3.63) is 45.2 Å². The number of fused-ring (bicyclic) bond motifs is 3. The highest BCUT2D eigenvalue weighted by molar-refractivity contribution is 7.18. The third-order valence-electron chi connectivity index (χ3n) is 5.11. The van der Waals surface area contributed by atoms with Crippen molar-refractivity contribution < 1.29 is 4.79 Å². The zero-order valence-corrected chi connectivity index (χ0v) is 16.1. The van der Waals surface area contributed by atoms with Crippen LogP contribution < -0.4 is 11.3 Å². The third-order valence-corrected chi connectivity index (χ3v) is 6.26. The number of primary amides is 1. The molecule has 1 aliphatic rings. The quantitative estimate of drug-likeness (QED) is 0.734. The Morgan fingerprint density at radius 2 is 2.26 bits per heavy atom. The number of nitrogens with two attached hydrogens (primary N) is 1. The van der Waals surface area contributed by atoms with Crippen molar-refractivity contribution in [3.63, 3.8) is 0 Å². The lowest BCUT2D eigenvalue weighted by atomic mass is 9.89. The molecule has 140 valence electrons. The second-order valence-corrected chi connectivity index (χ2v) is 8.29. The van der Waals surface area contributed by atoms with Gasteiger partial charge >= 0.3 is 0 Å². The number of pyridine rings is 1. The molecule has 0 aromatic carbocycles. The van der Waals surface area contributed by atoms with E-state index >= 15 is 0 Å². The number of hydrogen-bond donors (Lipinski definition) is 1. The number of carbonyl (C=O) groups is 1. The fourth-order valence-corrected chi connectivity index (χ4v) is 5.11. The highest BCUT2D eigenvalue weighted by Crippen LogP contribution is 2.36. The minimum Gasteiger partial charge on any atom is -0.370 e. The van der Waals surface area contributed by atoms with E-state index in [2.05, 4.69) is 11.9 Å². The Morgan fingerprint density at radius 3 is 3.00 bits per heavy atom. The van der Waals surface area contributed by atoms with Gasteiger partial charge in [-0.25, -0.2) is 4.98 Å². The lowest BCUT2D eigenvalue weighted by molar-refractivity contribution is -0.118. The van der Waals surface area contributed by atoms with Gasteiger partial charge in [0.05, 0.1) is 5.39 Å². The lowest BCUT2D eigenvalue weighted by Crippen LogP contribution is -2.25. The van der Waals surface area contributed by atoms with Crippen LogP contribution in [-0.4, -0.2) is 20.4 Å². The van der Waals surface area contributed by atoms with Crippen molar-refractivity contribution in [3.8, 4) is 11.5 Å². The summed E-state index contributed by atoms with van der Waals surface area (Å²) in [6.45, 7) is 2.65. The van der Waals surface area contributed by atoms with Gasteiger partial charge in [-0.3, -0.25) is 19.1 Å². The average Bonchev–Trinajstić information content (AvgIpc) is 3.01. The zero-order chi connectivity index (χ0) is 19.0. The average molecular weight is 382 g/mol. The van der Waals surface area contributed by atoms with Gasteiger partial charge in [-0.1, -0.05) is 13.0 Å². The Bertz CT molecular complexity index is 1060. The molecular formula is C20H22N4O2S. The summed E-state index contributed by atoms with van der Waals surface area (Å²) in [5, 5.41) is 0.751. The summed E-state index contributed by atoms with van der Waals surface area (Å²) < 4.78 is 1.67. The largest absolute Gasteiger partial charge is 0.370 e. The smallest absolute Gasteiger partial charge is 0.262 e. The number of nitrogens with zero attached hydrogens (tertiary/aromatic N) is 3. The van der Waals surface area contributed by atoms with Crippen LogP contribution in [0.3, 0.4) is 0 Å². The minimum absolute atomic E-state index is 0.0304. The van der Waals surface area contributed by atoms with Crippen LogP contribution in [0.4, 0.5) is 0 Å². The molecule has 1 unspecified atom stereocenters. The molecular weight excluding hydrogens is 360 g/mol.